The number of benzene rings is 2. The van der Waals surface area contributed by atoms with E-state index in [4.69, 9.17) is 5.73 Å². The summed E-state index contributed by atoms with van der Waals surface area (Å²) in [6.45, 7) is 4.60. The first-order valence-corrected chi connectivity index (χ1v) is 6.72. The van der Waals surface area contributed by atoms with Crippen LogP contribution in [0.15, 0.2) is 42.5 Å². The van der Waals surface area contributed by atoms with Crippen LogP contribution >= 0.6 is 0 Å². The summed E-state index contributed by atoms with van der Waals surface area (Å²) in [6.07, 6.45) is 0.419. The monoisotopic (exact) mass is 268 g/mol. The van der Waals surface area contributed by atoms with E-state index in [1.165, 1.54) is 5.56 Å². The van der Waals surface area contributed by atoms with Crippen LogP contribution in [0.2, 0.25) is 0 Å². The number of nitrogens with two attached hydrogens (primary N) is 1. The van der Waals surface area contributed by atoms with Gasteiger partial charge in [-0.15, -0.1) is 0 Å². The maximum Gasteiger partial charge on any atom is 0.224 e. The van der Waals surface area contributed by atoms with Crippen LogP contribution in [-0.2, 0) is 17.8 Å². The first-order valence-electron chi connectivity index (χ1n) is 6.72. The van der Waals surface area contributed by atoms with Crippen molar-refractivity contribution in [3.63, 3.8) is 0 Å². The molecule has 20 heavy (non-hydrogen) atoms. The van der Waals surface area contributed by atoms with Crippen molar-refractivity contribution in [2.24, 2.45) is 0 Å². The summed E-state index contributed by atoms with van der Waals surface area (Å²) in [5, 5.41) is 2.93. The average molecular weight is 268 g/mol. The quantitative estimate of drug-likeness (QED) is 0.838. The lowest BCUT2D eigenvalue weighted by molar-refractivity contribution is -0.120. The molecule has 0 radical (unpaired) electrons. The predicted molar refractivity (Wildman–Crippen MR) is 82.3 cm³/mol. The van der Waals surface area contributed by atoms with Gasteiger partial charge in [-0.05, 0) is 42.7 Å². The van der Waals surface area contributed by atoms with Gasteiger partial charge in [-0.1, -0.05) is 35.9 Å². The van der Waals surface area contributed by atoms with Crippen molar-refractivity contribution in [1.82, 2.24) is 5.32 Å². The number of nitrogen functional groups attached to an aromatic ring is 1. The number of nitrogens with one attached hydrogen (secondary N) is 1. The van der Waals surface area contributed by atoms with Crippen LogP contribution in [0.25, 0.3) is 0 Å². The topological polar surface area (TPSA) is 55.1 Å². The molecule has 0 saturated heterocycles. The third-order valence-corrected chi connectivity index (χ3v) is 3.33. The lowest BCUT2D eigenvalue weighted by Gasteiger charge is -2.08. The van der Waals surface area contributed by atoms with Gasteiger partial charge in [-0.3, -0.25) is 4.79 Å². The van der Waals surface area contributed by atoms with Crippen molar-refractivity contribution in [2.45, 2.75) is 26.8 Å². The van der Waals surface area contributed by atoms with E-state index in [1.54, 1.807) is 0 Å². The standard InChI is InChI=1S/C17H20N2O/c1-12-3-4-13(2)15(9-12)10-17(20)19-11-14-5-7-16(18)8-6-14/h3-9H,10-11,18H2,1-2H3,(H,19,20). The maximum absolute atomic E-state index is 12.0. The number of amides is 1. The summed E-state index contributed by atoms with van der Waals surface area (Å²) in [5.41, 5.74) is 10.8. The van der Waals surface area contributed by atoms with E-state index in [9.17, 15) is 4.79 Å². The molecule has 0 unspecified atom stereocenters. The zero-order valence-corrected chi connectivity index (χ0v) is 11.9. The van der Waals surface area contributed by atoms with Gasteiger partial charge in [0.1, 0.15) is 0 Å². The third kappa shape index (κ3) is 3.85. The van der Waals surface area contributed by atoms with Crippen molar-refractivity contribution in [2.75, 3.05) is 5.73 Å². The number of hydrogen-bond donors (Lipinski definition) is 2. The first kappa shape index (κ1) is 14.1. The maximum atomic E-state index is 12.0. The van der Waals surface area contributed by atoms with Gasteiger partial charge in [0.25, 0.3) is 0 Å². The number of aryl methyl sites for hydroxylation is 2. The molecule has 0 aliphatic heterocycles. The largest absolute Gasteiger partial charge is 0.399 e. The van der Waals surface area contributed by atoms with Gasteiger partial charge >= 0.3 is 0 Å². The SMILES string of the molecule is Cc1ccc(C)c(CC(=O)NCc2ccc(N)cc2)c1. The van der Waals surface area contributed by atoms with E-state index in [0.29, 0.717) is 13.0 Å². The fourth-order valence-corrected chi connectivity index (χ4v) is 2.06. The van der Waals surface area contributed by atoms with E-state index in [-0.39, 0.29) is 5.91 Å². The van der Waals surface area contributed by atoms with Crippen LogP contribution in [0.5, 0.6) is 0 Å². The Bertz CT molecular complexity index is 603. The summed E-state index contributed by atoms with van der Waals surface area (Å²) < 4.78 is 0. The highest BCUT2D eigenvalue weighted by Crippen LogP contribution is 2.11. The number of rotatable bonds is 4. The smallest absolute Gasteiger partial charge is 0.224 e. The Morgan fingerprint density at radius 3 is 2.50 bits per heavy atom. The Morgan fingerprint density at radius 2 is 1.80 bits per heavy atom. The average Bonchev–Trinajstić information content (AvgIpc) is 2.42. The summed E-state index contributed by atoms with van der Waals surface area (Å²) >= 11 is 0. The van der Waals surface area contributed by atoms with Crippen molar-refractivity contribution in [1.29, 1.82) is 0 Å². The second-order valence-corrected chi connectivity index (χ2v) is 5.13. The highest BCUT2D eigenvalue weighted by molar-refractivity contribution is 5.79. The number of carbonyl (C=O) groups is 1. The molecule has 2 aromatic carbocycles. The minimum absolute atomic E-state index is 0.0375. The molecule has 3 N–H and O–H groups in total. The molecule has 104 valence electrons. The normalized spacial score (nSPS) is 10.3. The van der Waals surface area contributed by atoms with E-state index in [1.807, 2.05) is 38.1 Å². The second-order valence-electron chi connectivity index (χ2n) is 5.13. The van der Waals surface area contributed by atoms with Crippen LogP contribution in [-0.4, -0.2) is 5.91 Å². The van der Waals surface area contributed by atoms with Gasteiger partial charge in [-0.2, -0.15) is 0 Å². The Balaban J connectivity index is 1.92. The van der Waals surface area contributed by atoms with Gasteiger partial charge in [-0.25, -0.2) is 0 Å². The molecular weight excluding hydrogens is 248 g/mol. The molecule has 0 spiro atoms. The molecule has 1 amide bonds. The molecule has 0 fully saturated rings. The Kier molecular flexibility index (Phi) is 4.41. The number of carbonyl (C=O) groups excluding carboxylic acids is 1. The summed E-state index contributed by atoms with van der Waals surface area (Å²) in [7, 11) is 0. The molecule has 0 aromatic heterocycles. The Morgan fingerprint density at radius 1 is 1.10 bits per heavy atom. The molecule has 3 heteroatoms. The number of anilines is 1. The molecule has 0 saturated carbocycles. The highest BCUT2D eigenvalue weighted by Gasteiger charge is 2.06. The molecule has 2 rings (SSSR count). The fraction of sp³-hybridized carbons (Fsp3) is 0.235. The van der Waals surface area contributed by atoms with Crippen LogP contribution in [0, 0.1) is 13.8 Å². The summed E-state index contributed by atoms with van der Waals surface area (Å²) in [6, 6.07) is 13.7. The van der Waals surface area contributed by atoms with Crippen molar-refractivity contribution in [3.05, 3.63) is 64.7 Å². The summed E-state index contributed by atoms with van der Waals surface area (Å²) in [5.74, 6) is 0.0375. The molecule has 2 aromatic rings. The fourth-order valence-electron chi connectivity index (χ4n) is 2.06. The zero-order valence-electron chi connectivity index (χ0n) is 11.9. The minimum Gasteiger partial charge on any atom is -0.399 e. The Labute approximate surface area is 119 Å². The lowest BCUT2D eigenvalue weighted by Crippen LogP contribution is -2.24. The predicted octanol–water partition coefficient (Wildman–Crippen LogP) is 2.74. The van der Waals surface area contributed by atoms with Crippen LogP contribution in [0.4, 0.5) is 5.69 Å². The molecule has 0 atom stereocenters. The van der Waals surface area contributed by atoms with E-state index in [2.05, 4.69) is 23.5 Å². The van der Waals surface area contributed by atoms with Crippen molar-refractivity contribution in [3.8, 4) is 0 Å². The molecular formula is C17H20N2O. The van der Waals surface area contributed by atoms with Gasteiger partial charge in [0.05, 0.1) is 6.42 Å². The van der Waals surface area contributed by atoms with E-state index < -0.39 is 0 Å². The zero-order chi connectivity index (χ0) is 14.5. The highest BCUT2D eigenvalue weighted by atomic mass is 16.1. The Hall–Kier alpha value is -2.29. The molecule has 0 aliphatic rings. The minimum atomic E-state index is 0.0375. The van der Waals surface area contributed by atoms with Crippen molar-refractivity contribution >= 4 is 11.6 Å². The van der Waals surface area contributed by atoms with Crippen LogP contribution in [0.3, 0.4) is 0 Å². The van der Waals surface area contributed by atoms with Gasteiger partial charge < -0.3 is 11.1 Å². The molecule has 0 aliphatic carbocycles. The van der Waals surface area contributed by atoms with Gasteiger partial charge in [0.2, 0.25) is 5.91 Å². The lowest BCUT2D eigenvalue weighted by atomic mass is 10.0. The molecule has 0 bridgehead atoms. The van der Waals surface area contributed by atoms with Gasteiger partial charge in [0, 0.05) is 12.2 Å². The third-order valence-electron chi connectivity index (χ3n) is 3.33. The van der Waals surface area contributed by atoms with Crippen LogP contribution < -0.4 is 11.1 Å². The van der Waals surface area contributed by atoms with Gasteiger partial charge in [0.15, 0.2) is 0 Å². The van der Waals surface area contributed by atoms with Crippen molar-refractivity contribution < 1.29 is 4.79 Å². The summed E-state index contributed by atoms with van der Waals surface area (Å²) in [4.78, 5) is 12.0. The molecule has 0 heterocycles. The van der Waals surface area contributed by atoms with Crippen LogP contribution in [0.1, 0.15) is 22.3 Å². The van der Waals surface area contributed by atoms with E-state index >= 15 is 0 Å². The first-order chi connectivity index (χ1) is 9.54. The number of hydrogen-bond acceptors (Lipinski definition) is 2. The molecule has 3 nitrogen and oxygen atoms in total. The van der Waals surface area contributed by atoms with E-state index in [0.717, 1.165) is 22.4 Å². The second kappa shape index (κ2) is 6.24.